The second-order valence-corrected chi connectivity index (χ2v) is 7.51. The van der Waals surface area contributed by atoms with Gasteiger partial charge in [-0.15, -0.1) is 0 Å². The van der Waals surface area contributed by atoms with E-state index in [2.05, 4.69) is 0 Å². The molecule has 4 nitrogen and oxygen atoms in total. The standard InChI is InChI=1S/C14H17NO3S/c1-10-3-5-12(6-4-10)19(17,18)15-8-7-11-9-13(16)14(11,15)2/h3-6,11H,7-9H2,1-2H3. The minimum Gasteiger partial charge on any atom is -0.298 e. The largest absolute Gasteiger partial charge is 0.298 e. The summed E-state index contributed by atoms with van der Waals surface area (Å²) in [6, 6.07) is 6.80. The molecule has 0 amide bonds. The Kier molecular flexibility index (Phi) is 2.63. The van der Waals surface area contributed by atoms with Crippen molar-refractivity contribution in [2.24, 2.45) is 5.92 Å². The second kappa shape index (κ2) is 3.90. The van der Waals surface area contributed by atoms with Crippen LogP contribution in [-0.4, -0.2) is 30.6 Å². The van der Waals surface area contributed by atoms with Crippen LogP contribution in [0.3, 0.4) is 0 Å². The van der Waals surface area contributed by atoms with E-state index in [1.165, 1.54) is 4.31 Å². The molecule has 0 radical (unpaired) electrons. The van der Waals surface area contributed by atoms with Gasteiger partial charge in [-0.05, 0) is 38.3 Å². The topological polar surface area (TPSA) is 54.5 Å². The summed E-state index contributed by atoms with van der Waals surface area (Å²) >= 11 is 0. The molecule has 1 aliphatic heterocycles. The van der Waals surface area contributed by atoms with E-state index in [0.717, 1.165) is 12.0 Å². The van der Waals surface area contributed by atoms with Gasteiger partial charge >= 0.3 is 0 Å². The van der Waals surface area contributed by atoms with E-state index in [1.807, 2.05) is 6.92 Å². The van der Waals surface area contributed by atoms with Gasteiger partial charge in [-0.25, -0.2) is 8.42 Å². The third-order valence-electron chi connectivity index (χ3n) is 4.60. The molecule has 0 N–H and O–H groups in total. The van der Waals surface area contributed by atoms with Crippen molar-refractivity contribution in [1.82, 2.24) is 4.31 Å². The van der Waals surface area contributed by atoms with E-state index in [4.69, 9.17) is 0 Å². The molecule has 1 heterocycles. The molecule has 19 heavy (non-hydrogen) atoms. The van der Waals surface area contributed by atoms with Gasteiger partial charge < -0.3 is 0 Å². The monoisotopic (exact) mass is 279 g/mol. The molecule has 2 fully saturated rings. The minimum absolute atomic E-state index is 0.0469. The smallest absolute Gasteiger partial charge is 0.243 e. The van der Waals surface area contributed by atoms with Crippen molar-refractivity contribution < 1.29 is 13.2 Å². The molecule has 1 aromatic rings. The van der Waals surface area contributed by atoms with Gasteiger partial charge in [-0.3, -0.25) is 4.79 Å². The summed E-state index contributed by atoms with van der Waals surface area (Å²) in [6.07, 6.45) is 1.31. The maximum absolute atomic E-state index is 12.7. The zero-order valence-electron chi connectivity index (χ0n) is 11.1. The van der Waals surface area contributed by atoms with Crippen LogP contribution in [0.5, 0.6) is 0 Å². The Labute approximate surface area is 113 Å². The van der Waals surface area contributed by atoms with Crippen LogP contribution in [0.4, 0.5) is 0 Å². The highest BCUT2D eigenvalue weighted by Crippen LogP contribution is 2.49. The lowest BCUT2D eigenvalue weighted by molar-refractivity contribution is -0.138. The Morgan fingerprint density at radius 3 is 2.47 bits per heavy atom. The first-order chi connectivity index (χ1) is 8.86. The average Bonchev–Trinajstić information content (AvgIpc) is 2.64. The number of nitrogens with zero attached hydrogens (tertiary/aromatic N) is 1. The molecular weight excluding hydrogens is 262 g/mol. The van der Waals surface area contributed by atoms with Gasteiger partial charge in [-0.2, -0.15) is 4.31 Å². The number of fused-ring (bicyclic) bond motifs is 1. The first-order valence-corrected chi connectivity index (χ1v) is 7.93. The van der Waals surface area contributed by atoms with Gasteiger partial charge in [0.05, 0.1) is 10.4 Å². The molecular formula is C14H17NO3S. The number of hydrogen-bond donors (Lipinski definition) is 0. The molecule has 2 atom stereocenters. The Hall–Kier alpha value is -1.20. The fourth-order valence-electron chi connectivity index (χ4n) is 3.16. The van der Waals surface area contributed by atoms with Crippen molar-refractivity contribution in [2.75, 3.05) is 6.54 Å². The fourth-order valence-corrected chi connectivity index (χ4v) is 4.99. The van der Waals surface area contributed by atoms with Crippen LogP contribution in [0.1, 0.15) is 25.3 Å². The average molecular weight is 279 g/mol. The highest BCUT2D eigenvalue weighted by molar-refractivity contribution is 7.89. The van der Waals surface area contributed by atoms with E-state index < -0.39 is 15.6 Å². The van der Waals surface area contributed by atoms with Crippen LogP contribution in [0.25, 0.3) is 0 Å². The number of rotatable bonds is 2. The van der Waals surface area contributed by atoms with Crippen LogP contribution in [0.15, 0.2) is 29.2 Å². The van der Waals surface area contributed by atoms with Crippen LogP contribution in [-0.2, 0) is 14.8 Å². The Morgan fingerprint density at radius 2 is 1.89 bits per heavy atom. The van der Waals surface area contributed by atoms with Crippen molar-refractivity contribution in [3.05, 3.63) is 29.8 Å². The molecule has 0 aromatic heterocycles. The third-order valence-corrected chi connectivity index (χ3v) is 6.61. The van der Waals surface area contributed by atoms with E-state index in [1.54, 1.807) is 31.2 Å². The molecule has 1 saturated carbocycles. The van der Waals surface area contributed by atoms with Crippen molar-refractivity contribution in [2.45, 2.75) is 37.1 Å². The Morgan fingerprint density at radius 1 is 1.26 bits per heavy atom. The number of carbonyl (C=O) groups is 1. The number of aryl methyl sites for hydroxylation is 1. The predicted octanol–water partition coefficient (Wildman–Crippen LogP) is 1.74. The summed E-state index contributed by atoms with van der Waals surface area (Å²) in [7, 11) is -3.57. The summed E-state index contributed by atoms with van der Waals surface area (Å²) in [4.78, 5) is 12.1. The summed E-state index contributed by atoms with van der Waals surface area (Å²) in [6.45, 7) is 4.13. The molecule has 3 rings (SSSR count). The summed E-state index contributed by atoms with van der Waals surface area (Å²) in [5, 5.41) is 0. The molecule has 1 aromatic carbocycles. The van der Waals surface area contributed by atoms with E-state index in [0.29, 0.717) is 13.0 Å². The Bertz CT molecular complexity index is 635. The number of sulfonamides is 1. The quantitative estimate of drug-likeness (QED) is 0.828. The number of Topliss-reactive ketones (excluding diaryl/α,β-unsaturated/α-hetero) is 1. The van der Waals surface area contributed by atoms with Crippen LogP contribution >= 0.6 is 0 Å². The molecule has 5 heteroatoms. The third kappa shape index (κ3) is 1.61. The second-order valence-electron chi connectivity index (χ2n) is 5.65. The van der Waals surface area contributed by atoms with Crippen LogP contribution in [0.2, 0.25) is 0 Å². The van der Waals surface area contributed by atoms with Gasteiger partial charge in [0.1, 0.15) is 0 Å². The lowest BCUT2D eigenvalue weighted by Gasteiger charge is -2.44. The normalized spacial score (nSPS) is 31.1. The van der Waals surface area contributed by atoms with E-state index in [9.17, 15) is 13.2 Å². The number of benzene rings is 1. The Balaban J connectivity index is 2.02. The zero-order valence-corrected chi connectivity index (χ0v) is 11.9. The maximum Gasteiger partial charge on any atom is 0.243 e. The summed E-state index contributed by atoms with van der Waals surface area (Å²) < 4.78 is 26.7. The molecule has 2 unspecified atom stereocenters. The van der Waals surface area contributed by atoms with Crippen molar-refractivity contribution >= 4 is 15.8 Å². The van der Waals surface area contributed by atoms with E-state index >= 15 is 0 Å². The lowest BCUT2D eigenvalue weighted by Crippen LogP contribution is -2.61. The number of hydrogen-bond acceptors (Lipinski definition) is 3. The fraction of sp³-hybridized carbons (Fsp3) is 0.500. The van der Waals surface area contributed by atoms with Crippen LogP contribution in [0, 0.1) is 12.8 Å². The number of carbonyl (C=O) groups excluding carboxylic acids is 1. The molecule has 1 saturated heterocycles. The van der Waals surface area contributed by atoms with Crippen molar-refractivity contribution in [3.8, 4) is 0 Å². The van der Waals surface area contributed by atoms with Gasteiger partial charge in [0, 0.05) is 13.0 Å². The van der Waals surface area contributed by atoms with E-state index in [-0.39, 0.29) is 16.6 Å². The first kappa shape index (κ1) is 12.8. The first-order valence-electron chi connectivity index (χ1n) is 6.49. The minimum atomic E-state index is -3.57. The van der Waals surface area contributed by atoms with Gasteiger partial charge in [0.15, 0.2) is 5.78 Å². The lowest BCUT2D eigenvalue weighted by atomic mass is 9.68. The molecule has 1 aliphatic carbocycles. The zero-order chi connectivity index (χ0) is 13.8. The molecule has 0 bridgehead atoms. The molecule has 0 spiro atoms. The number of ketones is 1. The van der Waals surface area contributed by atoms with Crippen LogP contribution < -0.4 is 0 Å². The maximum atomic E-state index is 12.7. The van der Waals surface area contributed by atoms with Gasteiger partial charge in [0.25, 0.3) is 0 Å². The highest BCUT2D eigenvalue weighted by atomic mass is 32.2. The predicted molar refractivity (Wildman–Crippen MR) is 71.2 cm³/mol. The SMILES string of the molecule is Cc1ccc(S(=O)(=O)N2CCC3CC(=O)C32C)cc1. The van der Waals surface area contributed by atoms with Crippen molar-refractivity contribution in [3.63, 3.8) is 0 Å². The van der Waals surface area contributed by atoms with Gasteiger partial charge in [-0.1, -0.05) is 17.7 Å². The summed E-state index contributed by atoms with van der Waals surface area (Å²) in [5.74, 6) is 0.242. The van der Waals surface area contributed by atoms with Crippen molar-refractivity contribution in [1.29, 1.82) is 0 Å². The van der Waals surface area contributed by atoms with Gasteiger partial charge in [0.2, 0.25) is 10.0 Å². The highest BCUT2D eigenvalue weighted by Gasteiger charge is 2.61. The summed E-state index contributed by atoms with van der Waals surface area (Å²) in [5.41, 5.74) is 0.216. The molecule has 2 aliphatic rings. The molecule has 102 valence electrons.